The molecule has 2 aliphatic carbocycles. The Morgan fingerprint density at radius 1 is 1.29 bits per heavy atom. The van der Waals surface area contributed by atoms with Crippen LogP contribution in [0, 0.1) is 23.6 Å². The molecule has 92 valence electrons. The summed E-state index contributed by atoms with van der Waals surface area (Å²) in [7, 11) is 0. The van der Waals surface area contributed by atoms with Gasteiger partial charge < -0.3 is 5.73 Å². The van der Waals surface area contributed by atoms with E-state index in [0.717, 1.165) is 11.8 Å². The monoisotopic (exact) mass is 297 g/mol. The maximum atomic E-state index is 14.0. The van der Waals surface area contributed by atoms with E-state index in [1.165, 1.54) is 25.7 Å². The first kappa shape index (κ1) is 11.7. The van der Waals surface area contributed by atoms with E-state index in [4.69, 9.17) is 5.73 Å². The Bertz CT molecular complexity index is 434. The zero-order valence-electron chi connectivity index (χ0n) is 9.70. The van der Waals surface area contributed by atoms with E-state index < -0.39 is 0 Å². The standard InChI is InChI=1S/C14H17BrFN/c15-12-3-1-2-10(13(12)16)14(17)11-7-8-4-5-9(11)6-8/h1-3,8-9,11,14H,4-7,17H2. The van der Waals surface area contributed by atoms with E-state index in [-0.39, 0.29) is 11.9 Å². The molecule has 2 saturated carbocycles. The molecule has 0 aromatic heterocycles. The van der Waals surface area contributed by atoms with Gasteiger partial charge in [0.25, 0.3) is 0 Å². The van der Waals surface area contributed by atoms with Crippen molar-refractivity contribution >= 4 is 15.9 Å². The zero-order chi connectivity index (χ0) is 12.0. The van der Waals surface area contributed by atoms with Crippen molar-refractivity contribution in [1.29, 1.82) is 0 Å². The van der Waals surface area contributed by atoms with Gasteiger partial charge in [0.15, 0.2) is 0 Å². The number of benzene rings is 1. The predicted molar refractivity (Wildman–Crippen MR) is 70.0 cm³/mol. The summed E-state index contributed by atoms with van der Waals surface area (Å²) in [6.07, 6.45) is 5.15. The van der Waals surface area contributed by atoms with E-state index in [2.05, 4.69) is 15.9 Å². The zero-order valence-corrected chi connectivity index (χ0v) is 11.3. The third-order valence-corrected chi connectivity index (χ3v) is 5.21. The maximum absolute atomic E-state index is 14.0. The lowest BCUT2D eigenvalue weighted by Gasteiger charge is -2.28. The van der Waals surface area contributed by atoms with Crippen LogP contribution in [0.2, 0.25) is 0 Å². The van der Waals surface area contributed by atoms with Crippen LogP contribution in [0.1, 0.15) is 37.3 Å². The van der Waals surface area contributed by atoms with Gasteiger partial charge >= 0.3 is 0 Å². The van der Waals surface area contributed by atoms with Crippen molar-refractivity contribution in [3.8, 4) is 0 Å². The summed E-state index contributed by atoms with van der Waals surface area (Å²) in [5.41, 5.74) is 6.97. The maximum Gasteiger partial charge on any atom is 0.142 e. The van der Waals surface area contributed by atoms with E-state index in [9.17, 15) is 4.39 Å². The highest BCUT2D eigenvalue weighted by Crippen LogP contribution is 2.52. The molecular weight excluding hydrogens is 281 g/mol. The molecule has 2 N–H and O–H groups in total. The second-order valence-electron chi connectivity index (χ2n) is 5.51. The van der Waals surface area contributed by atoms with Gasteiger partial charge in [0.05, 0.1) is 4.47 Å². The van der Waals surface area contributed by atoms with Crippen LogP contribution < -0.4 is 5.73 Å². The van der Waals surface area contributed by atoms with E-state index >= 15 is 0 Å². The van der Waals surface area contributed by atoms with Crippen LogP contribution in [0.3, 0.4) is 0 Å². The van der Waals surface area contributed by atoms with Gasteiger partial charge in [0.1, 0.15) is 5.82 Å². The van der Waals surface area contributed by atoms with Crippen LogP contribution >= 0.6 is 15.9 Å². The van der Waals surface area contributed by atoms with Crippen molar-refractivity contribution < 1.29 is 4.39 Å². The summed E-state index contributed by atoms with van der Waals surface area (Å²) in [6.45, 7) is 0. The SMILES string of the molecule is NC(c1cccc(Br)c1F)C1CC2CCC1C2. The van der Waals surface area contributed by atoms with Crippen LogP contribution in [0.5, 0.6) is 0 Å². The molecule has 1 aromatic rings. The molecule has 0 radical (unpaired) electrons. The fourth-order valence-corrected chi connectivity index (χ4v) is 4.12. The van der Waals surface area contributed by atoms with Gasteiger partial charge in [0, 0.05) is 11.6 Å². The molecule has 4 atom stereocenters. The summed E-state index contributed by atoms with van der Waals surface area (Å²) in [5.74, 6) is 1.89. The number of rotatable bonds is 2. The predicted octanol–water partition coefficient (Wildman–Crippen LogP) is 4.02. The Labute approximate surface area is 110 Å². The molecule has 0 spiro atoms. The minimum absolute atomic E-state index is 0.136. The summed E-state index contributed by atoms with van der Waals surface area (Å²) in [6, 6.07) is 5.29. The molecule has 2 fully saturated rings. The summed E-state index contributed by atoms with van der Waals surface area (Å²) >= 11 is 3.23. The number of nitrogens with two attached hydrogens (primary N) is 1. The molecule has 1 aromatic carbocycles. The average molecular weight is 298 g/mol. The third-order valence-electron chi connectivity index (χ3n) is 4.59. The lowest BCUT2D eigenvalue weighted by molar-refractivity contribution is 0.280. The van der Waals surface area contributed by atoms with Crippen LogP contribution in [0.15, 0.2) is 22.7 Å². The van der Waals surface area contributed by atoms with E-state index in [1.807, 2.05) is 12.1 Å². The van der Waals surface area contributed by atoms with Crippen molar-refractivity contribution in [1.82, 2.24) is 0 Å². The molecule has 17 heavy (non-hydrogen) atoms. The van der Waals surface area contributed by atoms with Crippen molar-refractivity contribution in [3.63, 3.8) is 0 Å². The van der Waals surface area contributed by atoms with Gasteiger partial charge in [0.2, 0.25) is 0 Å². The second-order valence-corrected chi connectivity index (χ2v) is 6.36. The molecule has 0 amide bonds. The topological polar surface area (TPSA) is 26.0 Å². The van der Waals surface area contributed by atoms with Gasteiger partial charge in [-0.15, -0.1) is 0 Å². The van der Waals surface area contributed by atoms with Crippen molar-refractivity contribution in [2.45, 2.75) is 31.7 Å². The molecule has 2 bridgehead atoms. The highest BCUT2D eigenvalue weighted by molar-refractivity contribution is 9.10. The highest BCUT2D eigenvalue weighted by Gasteiger charge is 2.42. The molecule has 0 heterocycles. The lowest BCUT2D eigenvalue weighted by Crippen LogP contribution is -2.26. The fourth-order valence-electron chi connectivity index (χ4n) is 3.74. The Hall–Kier alpha value is -0.410. The van der Waals surface area contributed by atoms with Gasteiger partial charge in [-0.25, -0.2) is 4.39 Å². The number of halogens is 2. The Balaban J connectivity index is 1.86. The molecule has 0 aliphatic heterocycles. The highest BCUT2D eigenvalue weighted by atomic mass is 79.9. The minimum Gasteiger partial charge on any atom is -0.324 e. The van der Waals surface area contributed by atoms with E-state index in [1.54, 1.807) is 6.07 Å². The summed E-state index contributed by atoms with van der Waals surface area (Å²) in [5, 5.41) is 0. The molecule has 3 heteroatoms. The number of fused-ring (bicyclic) bond motifs is 2. The molecule has 0 saturated heterocycles. The molecule has 1 nitrogen and oxygen atoms in total. The van der Waals surface area contributed by atoms with Crippen LogP contribution in [-0.4, -0.2) is 0 Å². The number of hydrogen-bond acceptors (Lipinski definition) is 1. The Kier molecular flexibility index (Phi) is 2.99. The first-order valence-corrected chi connectivity index (χ1v) is 7.15. The molecular formula is C14H17BrFN. The second kappa shape index (κ2) is 4.36. The minimum atomic E-state index is -0.178. The quantitative estimate of drug-likeness (QED) is 0.876. The fraction of sp³-hybridized carbons (Fsp3) is 0.571. The average Bonchev–Trinajstić information content (AvgIpc) is 2.94. The smallest absolute Gasteiger partial charge is 0.142 e. The van der Waals surface area contributed by atoms with Crippen molar-refractivity contribution in [2.24, 2.45) is 23.5 Å². The Morgan fingerprint density at radius 2 is 2.12 bits per heavy atom. The first-order valence-electron chi connectivity index (χ1n) is 6.36. The normalized spacial score (nSPS) is 33.0. The summed E-state index contributed by atoms with van der Waals surface area (Å²) in [4.78, 5) is 0. The Morgan fingerprint density at radius 3 is 2.76 bits per heavy atom. The van der Waals surface area contributed by atoms with Gasteiger partial charge in [-0.1, -0.05) is 18.6 Å². The molecule has 2 aliphatic rings. The van der Waals surface area contributed by atoms with Gasteiger partial charge in [-0.2, -0.15) is 0 Å². The van der Waals surface area contributed by atoms with Crippen LogP contribution in [-0.2, 0) is 0 Å². The first-order chi connectivity index (χ1) is 8.16. The third kappa shape index (κ3) is 1.93. The van der Waals surface area contributed by atoms with E-state index in [0.29, 0.717) is 16.0 Å². The van der Waals surface area contributed by atoms with Crippen molar-refractivity contribution in [3.05, 3.63) is 34.1 Å². The largest absolute Gasteiger partial charge is 0.324 e. The summed E-state index contributed by atoms with van der Waals surface area (Å²) < 4.78 is 14.5. The number of hydrogen-bond donors (Lipinski definition) is 1. The van der Waals surface area contributed by atoms with Gasteiger partial charge in [-0.3, -0.25) is 0 Å². The van der Waals surface area contributed by atoms with Crippen LogP contribution in [0.4, 0.5) is 4.39 Å². The van der Waals surface area contributed by atoms with Crippen LogP contribution in [0.25, 0.3) is 0 Å². The molecule has 3 rings (SSSR count). The van der Waals surface area contributed by atoms with Crippen molar-refractivity contribution in [2.75, 3.05) is 0 Å². The van der Waals surface area contributed by atoms with Gasteiger partial charge in [-0.05, 0) is 59.0 Å². The molecule has 4 unspecified atom stereocenters. The lowest BCUT2D eigenvalue weighted by atomic mass is 9.81.